The number of carbonyl (C=O) groups is 1. The largest absolute Gasteiger partial charge is 0.494 e. The van der Waals surface area contributed by atoms with Gasteiger partial charge in [-0.15, -0.1) is 0 Å². The maximum Gasteiger partial charge on any atom is 0.251 e. The van der Waals surface area contributed by atoms with Gasteiger partial charge in [-0.1, -0.05) is 42.5 Å². The third-order valence-electron chi connectivity index (χ3n) is 4.81. The minimum atomic E-state index is -0.0871. The number of aliphatic imine (C=N–C) groups is 1. The number of nitrogens with zero attached hydrogens (tertiary/aromatic N) is 1. The summed E-state index contributed by atoms with van der Waals surface area (Å²) in [6, 6.07) is 21.9. The zero-order chi connectivity index (χ0) is 21.9. The minimum Gasteiger partial charge on any atom is -0.494 e. The number of hydrogen-bond acceptors (Lipinski definition) is 3. The van der Waals surface area contributed by atoms with Crippen LogP contribution in [0.25, 0.3) is 10.8 Å². The van der Waals surface area contributed by atoms with E-state index in [1.807, 2.05) is 49.4 Å². The molecule has 3 rings (SSSR count). The van der Waals surface area contributed by atoms with Crippen LogP contribution >= 0.6 is 0 Å². The van der Waals surface area contributed by atoms with Crippen molar-refractivity contribution in [2.24, 2.45) is 4.99 Å². The Morgan fingerprint density at radius 1 is 0.968 bits per heavy atom. The van der Waals surface area contributed by atoms with Crippen molar-refractivity contribution in [3.8, 4) is 5.75 Å². The molecule has 0 aromatic heterocycles. The van der Waals surface area contributed by atoms with Gasteiger partial charge in [-0.3, -0.25) is 4.79 Å². The molecular weight excluding hydrogens is 388 g/mol. The summed E-state index contributed by atoms with van der Waals surface area (Å²) in [5.74, 6) is 1.57. The molecule has 31 heavy (non-hydrogen) atoms. The first-order chi connectivity index (χ1) is 15.2. The second kappa shape index (κ2) is 11.6. The van der Waals surface area contributed by atoms with Crippen LogP contribution in [-0.2, 0) is 6.54 Å². The fourth-order valence-electron chi connectivity index (χ4n) is 3.14. The number of rotatable bonds is 9. The minimum absolute atomic E-state index is 0.0871. The zero-order valence-corrected chi connectivity index (χ0v) is 18.2. The van der Waals surface area contributed by atoms with Crippen LogP contribution in [0.15, 0.2) is 71.7 Å². The molecule has 3 aromatic carbocycles. The van der Waals surface area contributed by atoms with Crippen LogP contribution in [0.4, 0.5) is 0 Å². The molecule has 0 heterocycles. The smallest absolute Gasteiger partial charge is 0.251 e. The summed E-state index contributed by atoms with van der Waals surface area (Å²) in [5.41, 5.74) is 1.69. The van der Waals surface area contributed by atoms with Gasteiger partial charge in [0.2, 0.25) is 0 Å². The quantitative estimate of drug-likeness (QED) is 0.281. The van der Waals surface area contributed by atoms with Crippen LogP contribution in [-0.4, -0.2) is 38.6 Å². The van der Waals surface area contributed by atoms with E-state index in [9.17, 15) is 4.79 Å². The number of nitrogens with one attached hydrogen (secondary N) is 3. The lowest BCUT2D eigenvalue weighted by atomic mass is 10.1. The van der Waals surface area contributed by atoms with E-state index in [4.69, 9.17) is 4.74 Å². The van der Waals surface area contributed by atoms with Gasteiger partial charge in [-0.25, -0.2) is 4.99 Å². The molecule has 3 N–H and O–H groups in total. The van der Waals surface area contributed by atoms with E-state index in [1.54, 1.807) is 7.05 Å². The molecule has 0 saturated carbocycles. The molecule has 0 aliphatic carbocycles. The van der Waals surface area contributed by atoms with Crippen molar-refractivity contribution in [3.05, 3.63) is 77.9 Å². The van der Waals surface area contributed by atoms with E-state index in [-0.39, 0.29) is 5.91 Å². The first-order valence-electron chi connectivity index (χ1n) is 10.6. The Balaban J connectivity index is 1.44. The van der Waals surface area contributed by atoms with Crippen LogP contribution in [0.2, 0.25) is 0 Å². The average Bonchev–Trinajstić information content (AvgIpc) is 2.82. The predicted octanol–water partition coefficient (Wildman–Crippen LogP) is 3.72. The number of amides is 1. The van der Waals surface area contributed by atoms with E-state index in [0.717, 1.165) is 36.8 Å². The van der Waals surface area contributed by atoms with Gasteiger partial charge in [0.1, 0.15) is 5.75 Å². The lowest BCUT2D eigenvalue weighted by Gasteiger charge is -2.12. The molecule has 6 nitrogen and oxygen atoms in total. The van der Waals surface area contributed by atoms with E-state index in [0.29, 0.717) is 18.7 Å². The number of ether oxygens (including phenoxy) is 1. The summed E-state index contributed by atoms with van der Waals surface area (Å²) in [7, 11) is 1.63. The van der Waals surface area contributed by atoms with Crippen molar-refractivity contribution in [2.75, 3.05) is 26.7 Å². The van der Waals surface area contributed by atoms with Gasteiger partial charge < -0.3 is 20.7 Å². The third kappa shape index (κ3) is 6.74. The summed E-state index contributed by atoms with van der Waals surface area (Å²) in [5, 5.41) is 11.6. The van der Waals surface area contributed by atoms with Crippen molar-refractivity contribution < 1.29 is 9.53 Å². The maximum atomic E-state index is 11.6. The van der Waals surface area contributed by atoms with Crippen molar-refractivity contribution in [1.29, 1.82) is 0 Å². The van der Waals surface area contributed by atoms with E-state index < -0.39 is 0 Å². The average molecular weight is 419 g/mol. The lowest BCUT2D eigenvalue weighted by molar-refractivity contribution is 0.0963. The number of fused-ring (bicyclic) bond motifs is 1. The third-order valence-corrected chi connectivity index (χ3v) is 4.81. The number of carbonyl (C=O) groups excluding carboxylic acids is 1. The fraction of sp³-hybridized carbons (Fsp3) is 0.280. The van der Waals surface area contributed by atoms with Gasteiger partial charge in [0.15, 0.2) is 5.96 Å². The zero-order valence-electron chi connectivity index (χ0n) is 18.2. The molecule has 3 aromatic rings. The Bertz CT molecular complexity index is 1020. The van der Waals surface area contributed by atoms with Crippen LogP contribution in [0.3, 0.4) is 0 Å². The summed E-state index contributed by atoms with van der Waals surface area (Å²) in [6.07, 6.45) is 0.859. The highest BCUT2D eigenvalue weighted by Crippen LogP contribution is 2.20. The molecule has 162 valence electrons. The monoisotopic (exact) mass is 418 g/mol. The Kier molecular flexibility index (Phi) is 8.29. The first kappa shape index (κ1) is 22.2. The molecule has 0 fully saturated rings. The van der Waals surface area contributed by atoms with Gasteiger partial charge in [0.25, 0.3) is 5.91 Å². The molecule has 0 bridgehead atoms. The molecule has 1 amide bonds. The highest BCUT2D eigenvalue weighted by atomic mass is 16.5. The van der Waals surface area contributed by atoms with Crippen molar-refractivity contribution in [2.45, 2.75) is 19.9 Å². The number of benzene rings is 3. The molecule has 0 saturated heterocycles. The molecule has 0 aliphatic rings. The standard InChI is InChI=1S/C25H30N4O2/c1-3-27-25(29-18-19-9-11-21(12-10-19)24(30)26-2)28-15-6-16-31-23-14-13-20-7-4-5-8-22(20)17-23/h4-5,7-14,17H,3,6,15-16,18H2,1-2H3,(H,26,30)(H2,27,28,29). The number of guanidine groups is 1. The normalized spacial score (nSPS) is 11.2. The van der Waals surface area contributed by atoms with Gasteiger partial charge in [-0.2, -0.15) is 0 Å². The van der Waals surface area contributed by atoms with E-state index in [1.165, 1.54) is 10.8 Å². The Hall–Kier alpha value is -3.54. The van der Waals surface area contributed by atoms with Crippen LogP contribution in [0.5, 0.6) is 5.75 Å². The Labute approximate surface area is 183 Å². The fourth-order valence-corrected chi connectivity index (χ4v) is 3.14. The molecule has 0 unspecified atom stereocenters. The second-order valence-electron chi connectivity index (χ2n) is 7.11. The molecule has 0 radical (unpaired) electrons. The van der Waals surface area contributed by atoms with Gasteiger partial charge >= 0.3 is 0 Å². The highest BCUT2D eigenvalue weighted by molar-refractivity contribution is 5.94. The molecule has 0 spiro atoms. The van der Waals surface area contributed by atoms with Crippen LogP contribution < -0.4 is 20.7 Å². The van der Waals surface area contributed by atoms with E-state index >= 15 is 0 Å². The molecule has 0 aliphatic heterocycles. The first-order valence-corrected chi connectivity index (χ1v) is 10.6. The SMILES string of the molecule is CCNC(=NCc1ccc(C(=O)NC)cc1)NCCCOc1ccc2ccccc2c1. The highest BCUT2D eigenvalue weighted by Gasteiger charge is 2.03. The molecular formula is C25H30N4O2. The molecule has 0 atom stereocenters. The van der Waals surface area contributed by atoms with Crippen LogP contribution in [0.1, 0.15) is 29.3 Å². The number of hydrogen-bond donors (Lipinski definition) is 3. The van der Waals surface area contributed by atoms with E-state index in [2.05, 4.69) is 45.2 Å². The summed E-state index contributed by atoms with van der Waals surface area (Å²) in [6.45, 7) is 4.75. The molecule has 6 heteroatoms. The van der Waals surface area contributed by atoms with Crippen molar-refractivity contribution in [3.63, 3.8) is 0 Å². The Morgan fingerprint density at radius 2 is 1.74 bits per heavy atom. The summed E-state index contributed by atoms with van der Waals surface area (Å²) >= 11 is 0. The van der Waals surface area contributed by atoms with Crippen LogP contribution in [0, 0.1) is 0 Å². The Morgan fingerprint density at radius 3 is 2.48 bits per heavy atom. The summed E-state index contributed by atoms with van der Waals surface area (Å²) < 4.78 is 5.89. The predicted molar refractivity (Wildman–Crippen MR) is 127 cm³/mol. The van der Waals surface area contributed by atoms with Gasteiger partial charge in [-0.05, 0) is 53.9 Å². The van der Waals surface area contributed by atoms with Crippen molar-refractivity contribution >= 4 is 22.6 Å². The topological polar surface area (TPSA) is 74.8 Å². The van der Waals surface area contributed by atoms with Gasteiger partial charge in [0.05, 0.1) is 13.2 Å². The lowest BCUT2D eigenvalue weighted by Crippen LogP contribution is -2.38. The maximum absolute atomic E-state index is 11.6. The van der Waals surface area contributed by atoms with Crippen molar-refractivity contribution in [1.82, 2.24) is 16.0 Å². The second-order valence-corrected chi connectivity index (χ2v) is 7.11. The summed E-state index contributed by atoms with van der Waals surface area (Å²) in [4.78, 5) is 16.2. The van der Waals surface area contributed by atoms with Gasteiger partial charge in [0, 0.05) is 25.7 Å².